The van der Waals surface area contributed by atoms with Gasteiger partial charge in [-0.15, -0.1) is 24.8 Å². The second-order valence-electron chi connectivity index (χ2n) is 2.45. The summed E-state index contributed by atoms with van der Waals surface area (Å²) >= 11 is 0. The largest absolute Gasteiger partial charge is 0.495 e. The van der Waals surface area contributed by atoms with Crippen molar-refractivity contribution in [1.82, 2.24) is 0 Å². The van der Waals surface area contributed by atoms with Gasteiger partial charge in [-0.25, -0.2) is 0 Å². The molecule has 0 aliphatic heterocycles. The maximum atomic E-state index is 5.63. The van der Waals surface area contributed by atoms with Crippen molar-refractivity contribution in [1.29, 1.82) is 0 Å². The third kappa shape index (κ3) is 3.20. The molecule has 0 fully saturated rings. The lowest BCUT2D eigenvalue weighted by atomic mass is 10.2. The minimum atomic E-state index is 0. The fourth-order valence-electron chi connectivity index (χ4n) is 0.903. The molecule has 76 valence electrons. The van der Waals surface area contributed by atoms with E-state index in [1.54, 1.807) is 19.2 Å². The lowest BCUT2D eigenvalue weighted by molar-refractivity contribution is 0.417. The molecule has 0 saturated carbocycles. The van der Waals surface area contributed by atoms with Crippen molar-refractivity contribution in [3.8, 4) is 5.75 Å². The summed E-state index contributed by atoms with van der Waals surface area (Å²) in [5.41, 5.74) is 13.6. The highest BCUT2D eigenvalue weighted by Crippen LogP contribution is 2.26. The second kappa shape index (κ2) is 5.78. The highest BCUT2D eigenvalue weighted by atomic mass is 35.5. The number of nitrogens with two attached hydrogens (primary N) is 2. The predicted octanol–water partition coefficient (Wildman–Crippen LogP) is 2.01. The van der Waals surface area contributed by atoms with Gasteiger partial charge in [0.1, 0.15) is 5.75 Å². The molecule has 1 rings (SSSR count). The number of hydrogen-bond donors (Lipinski definition) is 2. The predicted molar refractivity (Wildman–Crippen MR) is 61.1 cm³/mol. The van der Waals surface area contributed by atoms with Crippen LogP contribution >= 0.6 is 24.8 Å². The molecule has 0 aliphatic rings. The van der Waals surface area contributed by atoms with Crippen LogP contribution in [0, 0.1) is 6.92 Å². The van der Waals surface area contributed by atoms with Gasteiger partial charge in [0.15, 0.2) is 0 Å². The number of anilines is 2. The van der Waals surface area contributed by atoms with E-state index in [1.165, 1.54) is 0 Å². The standard InChI is InChI=1S/C8H12N2O.2ClH/c1-5-3-7(10)8(11-2)4-6(5)9;;/h3-4H,9-10H2,1-2H3;2*1H. The highest BCUT2D eigenvalue weighted by Gasteiger charge is 2.01. The molecule has 5 heteroatoms. The van der Waals surface area contributed by atoms with Gasteiger partial charge >= 0.3 is 0 Å². The van der Waals surface area contributed by atoms with Crippen LogP contribution in [0.5, 0.6) is 5.75 Å². The van der Waals surface area contributed by atoms with E-state index in [9.17, 15) is 0 Å². The molecule has 0 radical (unpaired) electrons. The van der Waals surface area contributed by atoms with E-state index in [0.29, 0.717) is 17.1 Å². The maximum Gasteiger partial charge on any atom is 0.143 e. The first-order valence-corrected chi connectivity index (χ1v) is 3.34. The van der Waals surface area contributed by atoms with Gasteiger partial charge in [0.2, 0.25) is 0 Å². The Morgan fingerprint density at radius 2 is 1.62 bits per heavy atom. The number of hydrogen-bond acceptors (Lipinski definition) is 3. The highest BCUT2D eigenvalue weighted by molar-refractivity contribution is 5.85. The average Bonchev–Trinajstić information content (AvgIpc) is 1.97. The van der Waals surface area contributed by atoms with Crippen molar-refractivity contribution in [2.75, 3.05) is 18.6 Å². The number of methoxy groups -OCH3 is 1. The topological polar surface area (TPSA) is 61.3 Å². The van der Waals surface area contributed by atoms with Gasteiger partial charge in [-0.2, -0.15) is 0 Å². The van der Waals surface area contributed by atoms with Crippen LogP contribution in [0.2, 0.25) is 0 Å². The number of halogens is 2. The molecule has 0 amide bonds. The zero-order valence-corrected chi connectivity index (χ0v) is 9.17. The SMILES string of the molecule is COc1cc(N)c(C)cc1N.Cl.Cl. The Balaban J connectivity index is 0. The summed E-state index contributed by atoms with van der Waals surface area (Å²) in [7, 11) is 1.57. The number of ether oxygens (including phenoxy) is 1. The minimum absolute atomic E-state index is 0. The smallest absolute Gasteiger partial charge is 0.143 e. The lowest BCUT2D eigenvalue weighted by Crippen LogP contribution is -1.96. The summed E-state index contributed by atoms with van der Waals surface area (Å²) in [5.74, 6) is 0.633. The summed E-state index contributed by atoms with van der Waals surface area (Å²) < 4.78 is 4.98. The summed E-state index contributed by atoms with van der Waals surface area (Å²) in [6.45, 7) is 1.91. The van der Waals surface area contributed by atoms with Crippen molar-refractivity contribution in [3.63, 3.8) is 0 Å². The van der Waals surface area contributed by atoms with E-state index >= 15 is 0 Å². The number of aryl methyl sites for hydroxylation is 1. The van der Waals surface area contributed by atoms with Gasteiger partial charge in [0.05, 0.1) is 12.8 Å². The monoisotopic (exact) mass is 224 g/mol. The molecule has 0 atom stereocenters. The third-order valence-corrected chi connectivity index (χ3v) is 1.62. The van der Waals surface area contributed by atoms with Gasteiger partial charge < -0.3 is 16.2 Å². The van der Waals surface area contributed by atoms with Crippen LogP contribution in [0.4, 0.5) is 11.4 Å². The fourth-order valence-corrected chi connectivity index (χ4v) is 0.903. The van der Waals surface area contributed by atoms with E-state index in [2.05, 4.69) is 0 Å². The molecule has 0 aromatic heterocycles. The van der Waals surface area contributed by atoms with Crippen LogP contribution < -0.4 is 16.2 Å². The zero-order chi connectivity index (χ0) is 8.43. The summed E-state index contributed by atoms with van der Waals surface area (Å²) in [5, 5.41) is 0. The fraction of sp³-hybridized carbons (Fsp3) is 0.250. The van der Waals surface area contributed by atoms with Crippen molar-refractivity contribution < 1.29 is 4.74 Å². The Kier molecular flexibility index (Phi) is 6.54. The quantitative estimate of drug-likeness (QED) is 0.718. The molecule has 0 heterocycles. The van der Waals surface area contributed by atoms with E-state index in [4.69, 9.17) is 16.2 Å². The molecular formula is C8H14Cl2N2O. The number of rotatable bonds is 1. The number of nitrogen functional groups attached to an aromatic ring is 2. The van der Waals surface area contributed by atoms with E-state index < -0.39 is 0 Å². The normalized spacial score (nSPS) is 8.15. The molecule has 4 N–H and O–H groups in total. The van der Waals surface area contributed by atoms with Crippen LogP contribution in [-0.2, 0) is 0 Å². The van der Waals surface area contributed by atoms with Gasteiger partial charge in [0, 0.05) is 11.8 Å². The molecule has 0 unspecified atom stereocenters. The summed E-state index contributed by atoms with van der Waals surface area (Å²) in [6, 6.07) is 3.53. The Morgan fingerprint density at radius 1 is 1.08 bits per heavy atom. The van der Waals surface area contributed by atoms with Gasteiger partial charge in [-0.3, -0.25) is 0 Å². The van der Waals surface area contributed by atoms with E-state index in [0.717, 1.165) is 5.56 Å². The van der Waals surface area contributed by atoms with Crippen molar-refractivity contribution in [2.45, 2.75) is 6.92 Å². The van der Waals surface area contributed by atoms with Crippen molar-refractivity contribution >= 4 is 36.2 Å². The first-order valence-electron chi connectivity index (χ1n) is 3.34. The third-order valence-electron chi connectivity index (χ3n) is 1.62. The van der Waals surface area contributed by atoms with Crippen molar-refractivity contribution in [2.24, 2.45) is 0 Å². The van der Waals surface area contributed by atoms with E-state index in [-0.39, 0.29) is 24.8 Å². The molecular weight excluding hydrogens is 211 g/mol. The molecule has 0 spiro atoms. The Bertz CT molecular complexity index is 279. The van der Waals surface area contributed by atoms with E-state index in [1.807, 2.05) is 6.92 Å². The summed E-state index contributed by atoms with van der Waals surface area (Å²) in [4.78, 5) is 0. The first-order chi connectivity index (χ1) is 5.15. The van der Waals surface area contributed by atoms with Crippen LogP contribution in [0.15, 0.2) is 12.1 Å². The second-order valence-corrected chi connectivity index (χ2v) is 2.45. The minimum Gasteiger partial charge on any atom is -0.495 e. The van der Waals surface area contributed by atoms with Crippen LogP contribution in [0.3, 0.4) is 0 Å². The molecule has 1 aromatic rings. The van der Waals surface area contributed by atoms with Crippen molar-refractivity contribution in [3.05, 3.63) is 17.7 Å². The molecule has 0 saturated heterocycles. The van der Waals surface area contributed by atoms with Gasteiger partial charge in [-0.1, -0.05) is 0 Å². The number of benzene rings is 1. The lowest BCUT2D eigenvalue weighted by Gasteiger charge is -2.06. The molecule has 0 aliphatic carbocycles. The van der Waals surface area contributed by atoms with Crippen LogP contribution in [0.1, 0.15) is 5.56 Å². The van der Waals surface area contributed by atoms with Crippen LogP contribution in [0.25, 0.3) is 0 Å². The average molecular weight is 225 g/mol. The van der Waals surface area contributed by atoms with Gasteiger partial charge in [-0.05, 0) is 18.6 Å². The first kappa shape index (κ1) is 14.7. The molecule has 3 nitrogen and oxygen atoms in total. The Labute approximate surface area is 90.3 Å². The molecule has 0 bridgehead atoms. The van der Waals surface area contributed by atoms with Gasteiger partial charge in [0.25, 0.3) is 0 Å². The Hall–Kier alpha value is -0.800. The maximum absolute atomic E-state index is 5.63. The van der Waals surface area contributed by atoms with Crippen LogP contribution in [-0.4, -0.2) is 7.11 Å². The summed E-state index contributed by atoms with van der Waals surface area (Å²) in [6.07, 6.45) is 0. The Morgan fingerprint density at radius 3 is 2.08 bits per heavy atom. The zero-order valence-electron chi connectivity index (χ0n) is 7.53. The molecule has 1 aromatic carbocycles. The molecule has 13 heavy (non-hydrogen) atoms.